The third-order valence-electron chi connectivity index (χ3n) is 2.48. The number of hydrogen-bond acceptors (Lipinski definition) is 2. The van der Waals surface area contributed by atoms with Gasteiger partial charge in [-0.3, -0.25) is 0 Å². The van der Waals surface area contributed by atoms with Gasteiger partial charge >= 0.3 is 0 Å². The number of nitrogen functional groups attached to an aromatic ring is 1. The van der Waals surface area contributed by atoms with Gasteiger partial charge in [0.1, 0.15) is 12.4 Å². The number of rotatable bonds is 3. The van der Waals surface area contributed by atoms with Crippen molar-refractivity contribution in [3.63, 3.8) is 0 Å². The third-order valence-corrected chi connectivity index (χ3v) is 2.72. The summed E-state index contributed by atoms with van der Waals surface area (Å²) in [7, 11) is 0. The molecule has 0 aromatic heterocycles. The second-order valence-corrected chi connectivity index (χ2v) is 4.38. The summed E-state index contributed by atoms with van der Waals surface area (Å²) in [5, 5.41) is 0.722. The van der Waals surface area contributed by atoms with Crippen LogP contribution >= 0.6 is 11.6 Å². The number of benzene rings is 2. The lowest BCUT2D eigenvalue weighted by molar-refractivity contribution is 0.304. The molecule has 0 saturated carbocycles. The van der Waals surface area contributed by atoms with Gasteiger partial charge in [-0.2, -0.15) is 0 Å². The van der Waals surface area contributed by atoms with E-state index in [2.05, 4.69) is 0 Å². The van der Waals surface area contributed by atoms with Crippen LogP contribution in [0.1, 0.15) is 11.1 Å². The molecular weight excluding hydrogens is 234 g/mol. The average molecular weight is 248 g/mol. The minimum absolute atomic E-state index is 0.505. The predicted molar refractivity (Wildman–Crippen MR) is 71.4 cm³/mol. The molecular formula is C14H14ClNO. The highest BCUT2D eigenvalue weighted by Crippen LogP contribution is 2.21. The average Bonchev–Trinajstić information content (AvgIpc) is 2.28. The molecule has 2 rings (SSSR count). The molecule has 0 saturated heterocycles. The van der Waals surface area contributed by atoms with Crippen LogP contribution in [-0.2, 0) is 6.61 Å². The Kier molecular flexibility index (Phi) is 3.55. The topological polar surface area (TPSA) is 35.2 Å². The standard InChI is InChI=1S/C14H14ClNO/c1-10-7-13(16)5-6-14(10)17-9-11-3-2-4-12(15)8-11/h2-8H,9,16H2,1H3. The van der Waals surface area contributed by atoms with E-state index in [9.17, 15) is 0 Å². The van der Waals surface area contributed by atoms with Crippen molar-refractivity contribution in [3.05, 3.63) is 58.6 Å². The number of aryl methyl sites for hydroxylation is 1. The molecule has 0 fully saturated rings. The van der Waals surface area contributed by atoms with E-state index in [0.717, 1.165) is 27.6 Å². The van der Waals surface area contributed by atoms with Crippen molar-refractivity contribution in [2.45, 2.75) is 13.5 Å². The summed E-state index contributed by atoms with van der Waals surface area (Å²) in [6, 6.07) is 13.3. The van der Waals surface area contributed by atoms with Crippen molar-refractivity contribution in [1.82, 2.24) is 0 Å². The fourth-order valence-corrected chi connectivity index (χ4v) is 1.84. The van der Waals surface area contributed by atoms with Crippen LogP contribution in [0, 0.1) is 6.92 Å². The minimum Gasteiger partial charge on any atom is -0.489 e. The van der Waals surface area contributed by atoms with E-state index < -0.39 is 0 Å². The summed E-state index contributed by atoms with van der Waals surface area (Å²) in [6.07, 6.45) is 0. The first kappa shape index (κ1) is 11.8. The van der Waals surface area contributed by atoms with E-state index in [1.54, 1.807) is 0 Å². The van der Waals surface area contributed by atoms with E-state index >= 15 is 0 Å². The van der Waals surface area contributed by atoms with Gasteiger partial charge in [-0.15, -0.1) is 0 Å². The van der Waals surface area contributed by atoms with Gasteiger partial charge in [0.2, 0.25) is 0 Å². The molecule has 0 spiro atoms. The van der Waals surface area contributed by atoms with E-state index in [4.69, 9.17) is 22.1 Å². The maximum atomic E-state index is 5.91. The van der Waals surface area contributed by atoms with Crippen LogP contribution in [0.25, 0.3) is 0 Å². The molecule has 0 unspecified atom stereocenters. The van der Waals surface area contributed by atoms with Gasteiger partial charge in [0, 0.05) is 10.7 Å². The maximum absolute atomic E-state index is 5.91. The Bertz CT molecular complexity index is 525. The quantitative estimate of drug-likeness (QED) is 0.837. The predicted octanol–water partition coefficient (Wildman–Crippen LogP) is 3.81. The Morgan fingerprint density at radius 3 is 2.71 bits per heavy atom. The van der Waals surface area contributed by atoms with Crippen molar-refractivity contribution in [2.75, 3.05) is 5.73 Å². The first-order chi connectivity index (χ1) is 8.15. The number of halogens is 1. The van der Waals surface area contributed by atoms with Crippen LogP contribution in [0.15, 0.2) is 42.5 Å². The normalized spacial score (nSPS) is 10.2. The molecule has 2 aromatic carbocycles. The Labute approximate surface area is 106 Å². The largest absolute Gasteiger partial charge is 0.489 e. The fraction of sp³-hybridized carbons (Fsp3) is 0.143. The molecule has 0 atom stereocenters. The maximum Gasteiger partial charge on any atom is 0.122 e. The van der Waals surface area contributed by atoms with Gasteiger partial charge in [0.15, 0.2) is 0 Å². The van der Waals surface area contributed by atoms with Crippen molar-refractivity contribution >= 4 is 17.3 Å². The summed E-state index contributed by atoms with van der Waals surface area (Å²) in [5.74, 6) is 0.846. The van der Waals surface area contributed by atoms with Crippen LogP contribution in [0.2, 0.25) is 5.02 Å². The van der Waals surface area contributed by atoms with Crippen molar-refractivity contribution in [1.29, 1.82) is 0 Å². The van der Waals surface area contributed by atoms with Gasteiger partial charge in [0.25, 0.3) is 0 Å². The molecule has 3 heteroatoms. The minimum atomic E-state index is 0.505. The summed E-state index contributed by atoms with van der Waals surface area (Å²) in [6.45, 7) is 2.48. The second kappa shape index (κ2) is 5.11. The van der Waals surface area contributed by atoms with Crippen LogP contribution in [0.4, 0.5) is 5.69 Å². The Hall–Kier alpha value is -1.67. The van der Waals surface area contributed by atoms with Crippen LogP contribution in [0.3, 0.4) is 0 Å². The molecule has 17 heavy (non-hydrogen) atoms. The lowest BCUT2D eigenvalue weighted by Gasteiger charge is -2.09. The van der Waals surface area contributed by atoms with Gasteiger partial charge < -0.3 is 10.5 Å². The second-order valence-electron chi connectivity index (χ2n) is 3.94. The molecule has 2 aromatic rings. The highest BCUT2D eigenvalue weighted by atomic mass is 35.5. The van der Waals surface area contributed by atoms with Crippen molar-refractivity contribution in [3.8, 4) is 5.75 Å². The summed E-state index contributed by atoms with van der Waals surface area (Å²) >= 11 is 5.91. The highest BCUT2D eigenvalue weighted by molar-refractivity contribution is 6.30. The zero-order valence-electron chi connectivity index (χ0n) is 9.61. The van der Waals surface area contributed by atoms with E-state index in [-0.39, 0.29) is 0 Å². The molecule has 0 radical (unpaired) electrons. The monoisotopic (exact) mass is 247 g/mol. The van der Waals surface area contributed by atoms with Crippen LogP contribution < -0.4 is 10.5 Å². The molecule has 0 aliphatic carbocycles. The molecule has 0 amide bonds. The molecule has 2 nitrogen and oxygen atoms in total. The summed E-state index contributed by atoms with van der Waals surface area (Å²) < 4.78 is 5.72. The molecule has 0 aliphatic heterocycles. The van der Waals surface area contributed by atoms with Crippen molar-refractivity contribution in [2.24, 2.45) is 0 Å². The van der Waals surface area contributed by atoms with E-state index in [1.807, 2.05) is 49.4 Å². The first-order valence-electron chi connectivity index (χ1n) is 5.38. The SMILES string of the molecule is Cc1cc(N)ccc1OCc1cccc(Cl)c1. The zero-order chi connectivity index (χ0) is 12.3. The molecule has 2 N–H and O–H groups in total. The Morgan fingerprint density at radius 2 is 2.00 bits per heavy atom. The number of ether oxygens (including phenoxy) is 1. The third kappa shape index (κ3) is 3.14. The molecule has 0 aliphatic rings. The Morgan fingerprint density at radius 1 is 1.18 bits per heavy atom. The lowest BCUT2D eigenvalue weighted by Crippen LogP contribution is -1.97. The van der Waals surface area contributed by atoms with Crippen molar-refractivity contribution < 1.29 is 4.74 Å². The molecule has 0 heterocycles. The lowest BCUT2D eigenvalue weighted by atomic mass is 10.2. The van der Waals surface area contributed by atoms with Crippen LogP contribution in [-0.4, -0.2) is 0 Å². The first-order valence-corrected chi connectivity index (χ1v) is 5.76. The fourth-order valence-electron chi connectivity index (χ4n) is 1.62. The van der Waals surface area contributed by atoms with Gasteiger partial charge in [-0.1, -0.05) is 23.7 Å². The summed E-state index contributed by atoms with van der Waals surface area (Å²) in [5.41, 5.74) is 8.51. The van der Waals surface area contributed by atoms with Crippen LogP contribution in [0.5, 0.6) is 5.75 Å². The zero-order valence-corrected chi connectivity index (χ0v) is 10.4. The molecule has 0 bridgehead atoms. The number of anilines is 1. The number of nitrogens with two attached hydrogens (primary N) is 1. The van der Waals surface area contributed by atoms with E-state index in [0.29, 0.717) is 6.61 Å². The highest BCUT2D eigenvalue weighted by Gasteiger charge is 2.01. The number of hydrogen-bond donors (Lipinski definition) is 1. The smallest absolute Gasteiger partial charge is 0.122 e. The molecule has 88 valence electrons. The Balaban J connectivity index is 2.07. The summed E-state index contributed by atoms with van der Waals surface area (Å²) in [4.78, 5) is 0. The van der Waals surface area contributed by atoms with Gasteiger partial charge in [-0.25, -0.2) is 0 Å². The van der Waals surface area contributed by atoms with Gasteiger partial charge in [-0.05, 0) is 48.4 Å². The van der Waals surface area contributed by atoms with E-state index in [1.165, 1.54) is 0 Å². The van der Waals surface area contributed by atoms with Gasteiger partial charge in [0.05, 0.1) is 0 Å².